The summed E-state index contributed by atoms with van der Waals surface area (Å²) in [7, 11) is 0. The summed E-state index contributed by atoms with van der Waals surface area (Å²) in [6, 6.07) is 4.45. The van der Waals surface area contributed by atoms with Crippen LogP contribution < -0.4 is 0 Å². The van der Waals surface area contributed by atoms with Crippen molar-refractivity contribution in [1.29, 1.82) is 0 Å². The molecule has 74 valence electrons. The molecule has 0 saturated heterocycles. The number of hydrogen-bond donors (Lipinski definition) is 0. The molecule has 2 nitrogen and oxygen atoms in total. The number of fused-ring (bicyclic) bond motifs is 3. The van der Waals surface area contributed by atoms with E-state index in [0.29, 0.717) is 17.7 Å². The Morgan fingerprint density at radius 1 is 1.21 bits per heavy atom. The summed E-state index contributed by atoms with van der Waals surface area (Å²) in [4.78, 5) is 12.0. The van der Waals surface area contributed by atoms with Crippen LogP contribution in [0.2, 0.25) is 0 Å². The summed E-state index contributed by atoms with van der Waals surface area (Å²) in [5, 5.41) is 0. The van der Waals surface area contributed by atoms with Gasteiger partial charge in [-0.1, -0.05) is 19.3 Å². The third-order valence-corrected chi connectivity index (χ3v) is 3.70. The Kier molecular flexibility index (Phi) is 1.76. The molecule has 2 aliphatic rings. The minimum absolute atomic E-state index is 0.300. The first-order chi connectivity index (χ1) is 6.88. The van der Waals surface area contributed by atoms with E-state index in [2.05, 4.69) is 10.8 Å². The van der Waals surface area contributed by atoms with Crippen LogP contribution in [0, 0.1) is 5.92 Å². The van der Waals surface area contributed by atoms with Crippen LogP contribution in [0.1, 0.15) is 48.6 Å². The highest BCUT2D eigenvalue weighted by atomic mass is 16.1. The fraction of sp³-hybridized carbons (Fsp3) is 0.583. The molecule has 0 spiro atoms. The molecule has 2 heteroatoms. The van der Waals surface area contributed by atoms with Gasteiger partial charge in [0.15, 0.2) is 5.78 Å². The molecule has 1 aromatic rings. The molecule has 0 unspecified atom stereocenters. The number of hydrogen-bond acceptors (Lipinski definition) is 1. The normalized spacial score (nSPS) is 31.0. The number of carbonyl (C=O) groups is 1. The second-order valence-corrected chi connectivity index (χ2v) is 4.48. The van der Waals surface area contributed by atoms with Gasteiger partial charge in [-0.25, -0.2) is 0 Å². The Labute approximate surface area is 83.9 Å². The van der Waals surface area contributed by atoms with E-state index in [1.807, 2.05) is 12.1 Å². The topological polar surface area (TPSA) is 22.0 Å². The molecule has 0 radical (unpaired) electrons. The second-order valence-electron chi connectivity index (χ2n) is 4.48. The molecule has 2 atom stereocenters. The summed E-state index contributed by atoms with van der Waals surface area (Å²) < 4.78 is 2.21. The lowest BCUT2D eigenvalue weighted by molar-refractivity contribution is 0.0914. The van der Waals surface area contributed by atoms with Gasteiger partial charge in [0.1, 0.15) is 0 Å². The van der Waals surface area contributed by atoms with Crippen molar-refractivity contribution in [2.75, 3.05) is 0 Å². The van der Waals surface area contributed by atoms with Gasteiger partial charge in [0, 0.05) is 18.2 Å². The average Bonchev–Trinajstić information content (AvgIpc) is 2.65. The lowest BCUT2D eigenvalue weighted by Crippen LogP contribution is -2.14. The summed E-state index contributed by atoms with van der Waals surface area (Å²) >= 11 is 0. The fourth-order valence-electron chi connectivity index (χ4n) is 3.01. The zero-order chi connectivity index (χ0) is 9.54. The summed E-state index contributed by atoms with van der Waals surface area (Å²) in [5.41, 5.74) is 0.946. The molecule has 3 rings (SSSR count). The predicted molar refractivity (Wildman–Crippen MR) is 54.4 cm³/mol. The van der Waals surface area contributed by atoms with Crippen molar-refractivity contribution >= 4 is 5.78 Å². The first kappa shape index (κ1) is 8.27. The molecule has 0 aromatic carbocycles. The molecule has 1 aliphatic heterocycles. The first-order valence-corrected chi connectivity index (χ1v) is 5.59. The molecule has 14 heavy (non-hydrogen) atoms. The minimum Gasteiger partial charge on any atom is -0.341 e. The minimum atomic E-state index is 0.300. The van der Waals surface area contributed by atoms with Crippen LogP contribution in [0.3, 0.4) is 0 Å². The summed E-state index contributed by atoms with van der Waals surface area (Å²) in [6.45, 7) is 0. The zero-order valence-corrected chi connectivity index (χ0v) is 8.28. The predicted octanol–water partition coefficient (Wildman–Crippen LogP) is 2.81. The highest BCUT2D eigenvalue weighted by Gasteiger charge is 2.39. The van der Waals surface area contributed by atoms with E-state index in [1.165, 1.54) is 25.7 Å². The molecule has 1 saturated carbocycles. The Morgan fingerprint density at radius 2 is 2.07 bits per heavy atom. The number of nitrogens with zero attached hydrogens (tertiary/aromatic N) is 1. The highest BCUT2D eigenvalue weighted by molar-refractivity contribution is 5.99. The lowest BCUT2D eigenvalue weighted by atomic mass is 9.93. The van der Waals surface area contributed by atoms with Crippen LogP contribution in [0.25, 0.3) is 0 Å². The van der Waals surface area contributed by atoms with E-state index in [4.69, 9.17) is 0 Å². The van der Waals surface area contributed by atoms with E-state index in [1.54, 1.807) is 0 Å². The Morgan fingerprint density at radius 3 is 3.00 bits per heavy atom. The van der Waals surface area contributed by atoms with Crippen molar-refractivity contribution < 1.29 is 4.79 Å². The zero-order valence-electron chi connectivity index (χ0n) is 8.28. The van der Waals surface area contributed by atoms with Crippen LogP contribution in [0.15, 0.2) is 18.3 Å². The van der Waals surface area contributed by atoms with Gasteiger partial charge in [-0.3, -0.25) is 4.79 Å². The van der Waals surface area contributed by atoms with Gasteiger partial charge in [0.25, 0.3) is 0 Å². The smallest absolute Gasteiger partial charge is 0.184 e. The maximum absolute atomic E-state index is 12.0. The third-order valence-electron chi connectivity index (χ3n) is 3.70. The lowest BCUT2D eigenvalue weighted by Gasteiger charge is -2.16. The van der Waals surface area contributed by atoms with Gasteiger partial charge in [0.05, 0.1) is 5.69 Å². The van der Waals surface area contributed by atoms with Crippen molar-refractivity contribution in [1.82, 2.24) is 4.57 Å². The SMILES string of the molecule is O=C1c2cccn2[C@@H]2CCCCC[C@H]12. The molecular formula is C12H15NO. The maximum Gasteiger partial charge on any atom is 0.184 e. The third kappa shape index (κ3) is 0.999. The van der Waals surface area contributed by atoms with Crippen molar-refractivity contribution in [2.45, 2.75) is 38.1 Å². The van der Waals surface area contributed by atoms with Crippen LogP contribution in [-0.4, -0.2) is 10.4 Å². The molecule has 0 bridgehead atoms. The molecule has 1 fully saturated rings. The monoisotopic (exact) mass is 189 g/mol. The number of Topliss-reactive ketones (excluding diaryl/α,β-unsaturated/α-hetero) is 1. The van der Waals surface area contributed by atoms with E-state index in [0.717, 1.165) is 12.1 Å². The van der Waals surface area contributed by atoms with E-state index >= 15 is 0 Å². The maximum atomic E-state index is 12.0. The van der Waals surface area contributed by atoms with Gasteiger partial charge in [0.2, 0.25) is 0 Å². The van der Waals surface area contributed by atoms with Crippen LogP contribution >= 0.6 is 0 Å². The van der Waals surface area contributed by atoms with Crippen molar-refractivity contribution in [3.63, 3.8) is 0 Å². The highest BCUT2D eigenvalue weighted by Crippen LogP contribution is 2.40. The van der Waals surface area contributed by atoms with E-state index < -0.39 is 0 Å². The molecule has 0 N–H and O–H groups in total. The number of rotatable bonds is 0. The Bertz CT molecular complexity index is 366. The van der Waals surface area contributed by atoms with E-state index in [9.17, 15) is 4.79 Å². The quantitative estimate of drug-likeness (QED) is 0.615. The second kappa shape index (κ2) is 2.97. The largest absolute Gasteiger partial charge is 0.341 e. The van der Waals surface area contributed by atoms with E-state index in [-0.39, 0.29) is 0 Å². The number of carbonyl (C=O) groups excluding carboxylic acids is 1. The van der Waals surface area contributed by atoms with Crippen molar-refractivity contribution in [2.24, 2.45) is 5.92 Å². The molecule has 1 aliphatic carbocycles. The fourth-order valence-corrected chi connectivity index (χ4v) is 3.01. The van der Waals surface area contributed by atoms with Gasteiger partial charge in [-0.05, 0) is 25.0 Å². The van der Waals surface area contributed by atoms with Crippen LogP contribution in [0.5, 0.6) is 0 Å². The number of ketones is 1. The molecule has 1 aromatic heterocycles. The van der Waals surface area contributed by atoms with Gasteiger partial charge in [-0.15, -0.1) is 0 Å². The standard InChI is InChI=1S/C12H15NO/c14-12-9-5-2-1-3-6-10(9)13-8-4-7-11(12)13/h4,7-10H,1-3,5-6H2/t9-,10+/m0/s1. The van der Waals surface area contributed by atoms with Gasteiger partial charge < -0.3 is 4.57 Å². The van der Waals surface area contributed by atoms with Crippen LogP contribution in [0.4, 0.5) is 0 Å². The molecule has 2 heterocycles. The van der Waals surface area contributed by atoms with Crippen molar-refractivity contribution in [3.8, 4) is 0 Å². The molecule has 0 amide bonds. The summed E-state index contributed by atoms with van der Waals surface area (Å²) in [6.07, 6.45) is 8.19. The first-order valence-electron chi connectivity index (χ1n) is 5.59. The van der Waals surface area contributed by atoms with Gasteiger partial charge >= 0.3 is 0 Å². The van der Waals surface area contributed by atoms with Gasteiger partial charge in [-0.2, -0.15) is 0 Å². The molecular weight excluding hydrogens is 174 g/mol. The summed E-state index contributed by atoms with van der Waals surface area (Å²) in [5.74, 6) is 0.690. The van der Waals surface area contributed by atoms with Crippen molar-refractivity contribution in [3.05, 3.63) is 24.0 Å². The Balaban J connectivity index is 2.03. The number of aromatic nitrogens is 1. The Hall–Kier alpha value is -1.05. The average molecular weight is 189 g/mol. The van der Waals surface area contributed by atoms with Crippen LogP contribution in [-0.2, 0) is 0 Å².